The molecule has 0 aliphatic heterocycles. The number of rotatable bonds is 4. The Bertz CT molecular complexity index is 485. The lowest BCUT2D eigenvalue weighted by molar-refractivity contribution is -0.114. The van der Waals surface area contributed by atoms with Crippen LogP contribution in [-0.2, 0) is 14.8 Å². The van der Waals surface area contributed by atoms with Crippen molar-refractivity contribution in [3.8, 4) is 0 Å². The highest BCUT2D eigenvalue weighted by molar-refractivity contribution is 7.92. The second-order valence-corrected chi connectivity index (χ2v) is 4.96. The highest BCUT2D eigenvalue weighted by atomic mass is 32.2. The van der Waals surface area contributed by atoms with E-state index in [0.29, 0.717) is 11.4 Å². The molecule has 0 heterocycles. The molecule has 0 aromatic heterocycles. The van der Waals surface area contributed by atoms with Crippen molar-refractivity contribution >= 4 is 27.3 Å². The summed E-state index contributed by atoms with van der Waals surface area (Å²) in [5.41, 5.74) is 6.01. The lowest BCUT2D eigenvalue weighted by Crippen LogP contribution is -2.21. The molecule has 1 aromatic rings. The van der Waals surface area contributed by atoms with Crippen molar-refractivity contribution in [2.45, 2.75) is 0 Å². The number of sulfonamides is 1. The normalized spacial score (nSPS) is 10.9. The Labute approximate surface area is 93.9 Å². The molecule has 0 fully saturated rings. The standard InChI is InChI=1S/C9H13N3O3S/c1-16(14,15)12-8-4-2-3-7(5-8)11-9(13)6-10/h2-5,12H,6,10H2,1H3,(H,11,13). The topological polar surface area (TPSA) is 101 Å². The summed E-state index contributed by atoms with van der Waals surface area (Å²) in [4.78, 5) is 11.0. The van der Waals surface area contributed by atoms with Gasteiger partial charge in [-0.3, -0.25) is 9.52 Å². The number of nitrogens with two attached hydrogens (primary N) is 1. The first-order chi connectivity index (χ1) is 7.40. The molecule has 0 radical (unpaired) electrons. The van der Waals surface area contributed by atoms with Crippen LogP contribution >= 0.6 is 0 Å². The fraction of sp³-hybridized carbons (Fsp3) is 0.222. The van der Waals surface area contributed by atoms with Gasteiger partial charge in [0.05, 0.1) is 18.5 Å². The van der Waals surface area contributed by atoms with E-state index in [-0.39, 0.29) is 12.5 Å². The molecule has 16 heavy (non-hydrogen) atoms. The lowest BCUT2D eigenvalue weighted by Gasteiger charge is -2.07. The Balaban J connectivity index is 2.83. The van der Waals surface area contributed by atoms with Gasteiger partial charge in [-0.25, -0.2) is 8.42 Å². The van der Waals surface area contributed by atoms with Crippen LogP contribution in [0.15, 0.2) is 24.3 Å². The predicted molar refractivity (Wildman–Crippen MR) is 62.6 cm³/mol. The second kappa shape index (κ2) is 4.95. The summed E-state index contributed by atoms with van der Waals surface area (Å²) in [7, 11) is -3.32. The van der Waals surface area contributed by atoms with E-state index in [2.05, 4.69) is 10.0 Å². The summed E-state index contributed by atoms with van der Waals surface area (Å²) in [5.74, 6) is -0.337. The number of carbonyl (C=O) groups excluding carboxylic acids is 1. The third-order valence-electron chi connectivity index (χ3n) is 1.63. The average Bonchev–Trinajstić information content (AvgIpc) is 2.15. The first-order valence-electron chi connectivity index (χ1n) is 4.48. The van der Waals surface area contributed by atoms with Crippen molar-refractivity contribution in [2.75, 3.05) is 22.8 Å². The molecule has 0 atom stereocenters. The van der Waals surface area contributed by atoms with Crippen LogP contribution in [-0.4, -0.2) is 27.1 Å². The van der Waals surface area contributed by atoms with E-state index in [0.717, 1.165) is 6.26 Å². The van der Waals surface area contributed by atoms with E-state index in [1.54, 1.807) is 18.2 Å². The number of nitrogens with one attached hydrogen (secondary N) is 2. The van der Waals surface area contributed by atoms with Gasteiger partial charge in [-0.1, -0.05) is 6.07 Å². The number of anilines is 2. The van der Waals surface area contributed by atoms with Crippen LogP contribution in [0.25, 0.3) is 0 Å². The molecule has 7 heteroatoms. The quantitative estimate of drug-likeness (QED) is 0.690. The highest BCUT2D eigenvalue weighted by Gasteiger charge is 2.03. The molecule has 0 aliphatic rings. The van der Waals surface area contributed by atoms with Gasteiger partial charge in [-0.05, 0) is 18.2 Å². The minimum Gasteiger partial charge on any atom is -0.325 e. The first kappa shape index (κ1) is 12.5. The van der Waals surface area contributed by atoms with E-state index in [1.807, 2.05) is 0 Å². The SMILES string of the molecule is CS(=O)(=O)Nc1cccc(NC(=O)CN)c1. The molecule has 88 valence electrons. The molecule has 0 bridgehead atoms. The Morgan fingerprint density at radius 2 is 2.00 bits per heavy atom. The molecule has 0 unspecified atom stereocenters. The average molecular weight is 243 g/mol. The third-order valence-corrected chi connectivity index (χ3v) is 2.24. The van der Waals surface area contributed by atoms with Crippen molar-refractivity contribution in [3.05, 3.63) is 24.3 Å². The van der Waals surface area contributed by atoms with Crippen LogP contribution in [0.4, 0.5) is 11.4 Å². The van der Waals surface area contributed by atoms with Gasteiger partial charge in [0, 0.05) is 5.69 Å². The van der Waals surface area contributed by atoms with Gasteiger partial charge >= 0.3 is 0 Å². The van der Waals surface area contributed by atoms with Crippen LogP contribution < -0.4 is 15.8 Å². The van der Waals surface area contributed by atoms with Crippen LogP contribution in [0.2, 0.25) is 0 Å². The fourth-order valence-corrected chi connectivity index (χ4v) is 1.64. The zero-order valence-electron chi connectivity index (χ0n) is 8.73. The zero-order chi connectivity index (χ0) is 12.2. The number of hydrogen-bond acceptors (Lipinski definition) is 4. The van der Waals surface area contributed by atoms with Gasteiger partial charge in [0.1, 0.15) is 0 Å². The molecule has 0 saturated carbocycles. The Hall–Kier alpha value is -1.60. The molecule has 0 spiro atoms. The minimum absolute atomic E-state index is 0.121. The summed E-state index contributed by atoms with van der Waals surface area (Å²) in [6.45, 7) is -0.121. The molecule has 0 saturated heterocycles. The van der Waals surface area contributed by atoms with Crippen molar-refractivity contribution in [3.63, 3.8) is 0 Å². The van der Waals surface area contributed by atoms with Gasteiger partial charge in [0.2, 0.25) is 15.9 Å². The molecule has 1 aromatic carbocycles. The van der Waals surface area contributed by atoms with E-state index < -0.39 is 10.0 Å². The molecular formula is C9H13N3O3S. The molecule has 4 N–H and O–H groups in total. The molecular weight excluding hydrogens is 230 g/mol. The van der Waals surface area contributed by atoms with Gasteiger partial charge in [-0.2, -0.15) is 0 Å². The van der Waals surface area contributed by atoms with Crippen LogP contribution in [0.3, 0.4) is 0 Å². The van der Waals surface area contributed by atoms with Crippen LogP contribution in [0, 0.1) is 0 Å². The fourth-order valence-electron chi connectivity index (χ4n) is 1.09. The maximum absolute atomic E-state index is 11.0. The summed E-state index contributed by atoms with van der Waals surface area (Å²) in [6.07, 6.45) is 1.05. The van der Waals surface area contributed by atoms with E-state index in [1.165, 1.54) is 6.07 Å². The van der Waals surface area contributed by atoms with Crippen LogP contribution in [0.1, 0.15) is 0 Å². The summed E-state index contributed by atoms with van der Waals surface area (Å²) < 4.78 is 24.2. The third kappa shape index (κ3) is 4.28. The highest BCUT2D eigenvalue weighted by Crippen LogP contribution is 2.15. The van der Waals surface area contributed by atoms with Crippen molar-refractivity contribution < 1.29 is 13.2 Å². The van der Waals surface area contributed by atoms with E-state index in [9.17, 15) is 13.2 Å². The van der Waals surface area contributed by atoms with Crippen molar-refractivity contribution in [1.29, 1.82) is 0 Å². The first-order valence-corrected chi connectivity index (χ1v) is 6.37. The van der Waals surface area contributed by atoms with E-state index >= 15 is 0 Å². The minimum atomic E-state index is -3.32. The monoisotopic (exact) mass is 243 g/mol. The maximum atomic E-state index is 11.0. The molecule has 1 rings (SSSR count). The van der Waals surface area contributed by atoms with Gasteiger partial charge in [0.15, 0.2) is 0 Å². The number of amides is 1. The number of benzene rings is 1. The predicted octanol–water partition coefficient (Wildman–Crippen LogP) is -0.0447. The molecule has 6 nitrogen and oxygen atoms in total. The number of carbonyl (C=O) groups is 1. The van der Waals surface area contributed by atoms with Crippen molar-refractivity contribution in [2.24, 2.45) is 5.73 Å². The van der Waals surface area contributed by atoms with Gasteiger partial charge < -0.3 is 11.1 Å². The summed E-state index contributed by atoms with van der Waals surface area (Å²) in [5, 5.41) is 2.52. The molecule has 1 amide bonds. The maximum Gasteiger partial charge on any atom is 0.238 e. The Morgan fingerprint density at radius 3 is 2.56 bits per heavy atom. The number of hydrogen-bond donors (Lipinski definition) is 3. The van der Waals surface area contributed by atoms with Gasteiger partial charge in [-0.15, -0.1) is 0 Å². The van der Waals surface area contributed by atoms with Crippen molar-refractivity contribution in [1.82, 2.24) is 0 Å². The zero-order valence-corrected chi connectivity index (χ0v) is 9.54. The largest absolute Gasteiger partial charge is 0.325 e. The second-order valence-electron chi connectivity index (χ2n) is 3.21. The van der Waals surface area contributed by atoms with Crippen LogP contribution in [0.5, 0.6) is 0 Å². The smallest absolute Gasteiger partial charge is 0.238 e. The Kier molecular flexibility index (Phi) is 3.86. The summed E-state index contributed by atoms with van der Waals surface area (Å²) >= 11 is 0. The summed E-state index contributed by atoms with van der Waals surface area (Å²) in [6, 6.07) is 6.36. The lowest BCUT2D eigenvalue weighted by atomic mass is 10.3. The molecule has 0 aliphatic carbocycles. The Morgan fingerprint density at radius 1 is 1.38 bits per heavy atom. The van der Waals surface area contributed by atoms with Gasteiger partial charge in [0.25, 0.3) is 0 Å². The van der Waals surface area contributed by atoms with E-state index in [4.69, 9.17) is 5.73 Å².